The lowest BCUT2D eigenvalue weighted by molar-refractivity contribution is 0.270. The van der Waals surface area contributed by atoms with E-state index in [1.807, 2.05) is 21.0 Å². The lowest BCUT2D eigenvalue weighted by atomic mass is 9.98. The van der Waals surface area contributed by atoms with Crippen molar-refractivity contribution in [2.45, 2.75) is 24.7 Å². The predicted octanol–water partition coefficient (Wildman–Crippen LogP) is 0.897. The van der Waals surface area contributed by atoms with Crippen LogP contribution in [0.4, 0.5) is 0 Å². The molecule has 0 bridgehead atoms. The minimum absolute atomic E-state index is 0.258. The number of fused-ring (bicyclic) bond motifs is 1. The Morgan fingerprint density at radius 3 is 2.70 bits per heavy atom. The molecule has 0 spiro atoms. The van der Waals surface area contributed by atoms with Crippen molar-refractivity contribution in [1.82, 2.24) is 24.4 Å². The molecule has 0 saturated carbocycles. The summed E-state index contributed by atoms with van der Waals surface area (Å²) in [6.07, 6.45) is 3.22. The number of hydrogen-bond donors (Lipinski definition) is 1. The van der Waals surface area contributed by atoms with Gasteiger partial charge in [0.15, 0.2) is 5.65 Å². The van der Waals surface area contributed by atoms with Crippen LogP contribution in [0.2, 0.25) is 0 Å². The Bertz CT molecular complexity index is 807. The molecule has 126 valence electrons. The van der Waals surface area contributed by atoms with Crippen LogP contribution >= 0.6 is 0 Å². The summed E-state index contributed by atoms with van der Waals surface area (Å²) in [5.74, 6) is 0.549. The molecule has 2 aromatic heterocycles. The predicted molar refractivity (Wildman–Crippen MR) is 88.7 cm³/mol. The van der Waals surface area contributed by atoms with Gasteiger partial charge in [-0.25, -0.2) is 13.4 Å². The molecule has 0 unspecified atom stereocenters. The molecule has 1 N–H and O–H groups in total. The number of nitrogens with zero attached hydrogens (tertiary/aromatic N) is 4. The number of rotatable bonds is 4. The highest BCUT2D eigenvalue weighted by molar-refractivity contribution is 7.89. The van der Waals surface area contributed by atoms with Gasteiger partial charge in [-0.2, -0.15) is 9.40 Å². The number of aryl methyl sites for hydroxylation is 2. The van der Waals surface area contributed by atoms with Crippen molar-refractivity contribution in [2.24, 2.45) is 13.0 Å². The van der Waals surface area contributed by atoms with Crippen molar-refractivity contribution < 1.29 is 8.42 Å². The van der Waals surface area contributed by atoms with Crippen molar-refractivity contribution in [3.05, 3.63) is 18.0 Å². The molecule has 23 heavy (non-hydrogen) atoms. The Morgan fingerprint density at radius 2 is 2.04 bits per heavy atom. The molecule has 2 aromatic rings. The molecule has 3 heterocycles. The molecule has 7 nitrogen and oxygen atoms in total. The average Bonchev–Trinajstić information content (AvgIpc) is 2.82. The highest BCUT2D eigenvalue weighted by atomic mass is 32.2. The number of sulfonamides is 1. The summed E-state index contributed by atoms with van der Waals surface area (Å²) in [6, 6.07) is 1.69. The Morgan fingerprint density at radius 1 is 1.35 bits per heavy atom. The van der Waals surface area contributed by atoms with E-state index in [0.29, 0.717) is 24.7 Å². The summed E-state index contributed by atoms with van der Waals surface area (Å²) in [4.78, 5) is 4.55. The van der Waals surface area contributed by atoms with Crippen LogP contribution in [0, 0.1) is 12.8 Å². The second-order valence-corrected chi connectivity index (χ2v) is 8.09. The van der Waals surface area contributed by atoms with Crippen LogP contribution in [-0.2, 0) is 17.1 Å². The first-order valence-electron chi connectivity index (χ1n) is 7.87. The summed E-state index contributed by atoms with van der Waals surface area (Å²) < 4.78 is 29.0. The quantitative estimate of drug-likeness (QED) is 0.896. The zero-order chi connectivity index (χ0) is 16.6. The molecule has 1 aliphatic rings. The topological polar surface area (TPSA) is 80.1 Å². The maximum absolute atomic E-state index is 12.9. The number of piperidine rings is 1. The summed E-state index contributed by atoms with van der Waals surface area (Å²) in [5.41, 5.74) is 1.49. The van der Waals surface area contributed by atoms with Crippen LogP contribution in [0.3, 0.4) is 0 Å². The average molecular weight is 337 g/mol. The molecular formula is C15H23N5O2S. The Kier molecular flexibility index (Phi) is 4.39. The second kappa shape index (κ2) is 6.18. The third-order valence-electron chi connectivity index (χ3n) is 4.54. The Labute approximate surface area is 136 Å². The van der Waals surface area contributed by atoms with Gasteiger partial charge in [0, 0.05) is 31.7 Å². The highest BCUT2D eigenvalue weighted by Gasteiger charge is 2.29. The van der Waals surface area contributed by atoms with Gasteiger partial charge in [-0.3, -0.25) is 4.68 Å². The van der Waals surface area contributed by atoms with E-state index in [2.05, 4.69) is 15.4 Å². The number of pyridine rings is 1. The summed E-state index contributed by atoms with van der Waals surface area (Å²) in [7, 11) is 0.253. The zero-order valence-electron chi connectivity index (χ0n) is 13.8. The van der Waals surface area contributed by atoms with Crippen LogP contribution in [-0.4, -0.2) is 54.2 Å². The smallest absolute Gasteiger partial charge is 0.244 e. The first kappa shape index (κ1) is 16.4. The lowest BCUT2D eigenvalue weighted by Crippen LogP contribution is -2.40. The highest BCUT2D eigenvalue weighted by Crippen LogP contribution is 2.25. The van der Waals surface area contributed by atoms with E-state index in [1.54, 1.807) is 15.1 Å². The molecule has 1 aliphatic heterocycles. The van der Waals surface area contributed by atoms with Gasteiger partial charge in [0.1, 0.15) is 4.90 Å². The number of aromatic nitrogens is 3. The van der Waals surface area contributed by atoms with E-state index in [-0.39, 0.29) is 4.90 Å². The standard InChI is InChI=1S/C15H23N5O2S/c1-11-14-8-13(10-17-15(14)19(3)18-11)23(21,22)20-6-4-12(5-7-20)9-16-2/h8,10,12,16H,4-7,9H2,1-3H3. The fourth-order valence-corrected chi connectivity index (χ4v) is 4.66. The largest absolute Gasteiger partial charge is 0.319 e. The second-order valence-electron chi connectivity index (χ2n) is 6.16. The minimum atomic E-state index is -3.49. The van der Waals surface area contributed by atoms with E-state index < -0.39 is 10.0 Å². The zero-order valence-corrected chi connectivity index (χ0v) is 14.6. The van der Waals surface area contributed by atoms with Gasteiger partial charge in [-0.15, -0.1) is 0 Å². The molecule has 0 amide bonds. The van der Waals surface area contributed by atoms with E-state index in [4.69, 9.17) is 0 Å². The lowest BCUT2D eigenvalue weighted by Gasteiger charge is -2.31. The van der Waals surface area contributed by atoms with Crippen LogP contribution in [0.25, 0.3) is 11.0 Å². The molecule has 1 saturated heterocycles. The molecule has 3 rings (SSSR count). The maximum Gasteiger partial charge on any atom is 0.244 e. The molecule has 0 aliphatic carbocycles. The van der Waals surface area contributed by atoms with Gasteiger partial charge in [0.25, 0.3) is 0 Å². The fraction of sp³-hybridized carbons (Fsp3) is 0.600. The molecular weight excluding hydrogens is 314 g/mol. The van der Waals surface area contributed by atoms with Crippen molar-refractivity contribution in [3.63, 3.8) is 0 Å². The van der Waals surface area contributed by atoms with Gasteiger partial charge >= 0.3 is 0 Å². The van der Waals surface area contributed by atoms with Gasteiger partial charge in [-0.05, 0) is 45.3 Å². The van der Waals surface area contributed by atoms with E-state index in [1.165, 1.54) is 6.20 Å². The van der Waals surface area contributed by atoms with E-state index in [0.717, 1.165) is 30.5 Å². The van der Waals surface area contributed by atoms with Crippen molar-refractivity contribution in [2.75, 3.05) is 26.7 Å². The van der Waals surface area contributed by atoms with Gasteiger partial charge < -0.3 is 5.32 Å². The Balaban J connectivity index is 1.87. The van der Waals surface area contributed by atoms with Crippen LogP contribution < -0.4 is 5.32 Å². The van der Waals surface area contributed by atoms with Crippen LogP contribution in [0.15, 0.2) is 17.2 Å². The van der Waals surface area contributed by atoms with Crippen molar-refractivity contribution >= 4 is 21.1 Å². The van der Waals surface area contributed by atoms with E-state index >= 15 is 0 Å². The number of hydrogen-bond acceptors (Lipinski definition) is 5. The SMILES string of the molecule is CNCC1CCN(S(=O)(=O)c2cnc3c(c2)c(C)nn3C)CC1. The number of nitrogens with one attached hydrogen (secondary N) is 1. The maximum atomic E-state index is 12.9. The normalized spacial score (nSPS) is 17.9. The van der Waals surface area contributed by atoms with Crippen molar-refractivity contribution in [1.29, 1.82) is 0 Å². The van der Waals surface area contributed by atoms with Crippen molar-refractivity contribution in [3.8, 4) is 0 Å². The Hall–Kier alpha value is -1.51. The summed E-state index contributed by atoms with van der Waals surface area (Å²) in [5, 5.41) is 8.25. The third-order valence-corrected chi connectivity index (χ3v) is 6.41. The first-order valence-corrected chi connectivity index (χ1v) is 9.31. The molecule has 1 fully saturated rings. The molecule has 0 atom stereocenters. The molecule has 0 radical (unpaired) electrons. The monoisotopic (exact) mass is 337 g/mol. The van der Waals surface area contributed by atoms with Crippen LogP contribution in [0.5, 0.6) is 0 Å². The fourth-order valence-electron chi connectivity index (χ4n) is 3.22. The van der Waals surface area contributed by atoms with Gasteiger partial charge in [-0.1, -0.05) is 0 Å². The molecule has 8 heteroatoms. The van der Waals surface area contributed by atoms with Gasteiger partial charge in [0.05, 0.1) is 5.69 Å². The first-order chi connectivity index (χ1) is 10.9. The van der Waals surface area contributed by atoms with Gasteiger partial charge in [0.2, 0.25) is 10.0 Å². The van der Waals surface area contributed by atoms with Crippen LogP contribution in [0.1, 0.15) is 18.5 Å². The summed E-state index contributed by atoms with van der Waals surface area (Å²) in [6.45, 7) is 3.94. The van der Waals surface area contributed by atoms with E-state index in [9.17, 15) is 8.42 Å². The third kappa shape index (κ3) is 2.98. The summed E-state index contributed by atoms with van der Waals surface area (Å²) >= 11 is 0. The molecule has 0 aromatic carbocycles. The minimum Gasteiger partial charge on any atom is -0.319 e.